The minimum absolute atomic E-state index is 0.160. The molecule has 3 amide bonds. The fourth-order valence-electron chi connectivity index (χ4n) is 4.59. The minimum Gasteiger partial charge on any atom is -0.480 e. The Labute approximate surface area is 222 Å². The smallest absolute Gasteiger partial charge is 0.326 e. The monoisotopic (exact) mass is 527 g/mol. The molecule has 5 rings (SSSR count). The van der Waals surface area contributed by atoms with Crippen LogP contribution >= 0.6 is 0 Å². The van der Waals surface area contributed by atoms with Crippen molar-refractivity contribution in [3.8, 4) is 0 Å². The fraction of sp³-hybridized carbons (Fsp3) is 0.222. The van der Waals surface area contributed by atoms with Crippen LogP contribution in [0.25, 0.3) is 11.2 Å². The van der Waals surface area contributed by atoms with Crippen LogP contribution in [0, 0.1) is 0 Å². The molecule has 12 heteroatoms. The molecule has 0 radical (unpaired) electrons. The molecule has 0 aliphatic carbocycles. The van der Waals surface area contributed by atoms with E-state index in [0.29, 0.717) is 18.5 Å². The maximum absolute atomic E-state index is 12.6. The van der Waals surface area contributed by atoms with E-state index in [1.165, 1.54) is 12.1 Å². The van der Waals surface area contributed by atoms with Crippen molar-refractivity contribution in [2.75, 3.05) is 5.73 Å². The molecule has 3 heterocycles. The quantitative estimate of drug-likeness (QED) is 0.224. The number of aryl methyl sites for hydroxylation is 2. The lowest BCUT2D eigenvalue weighted by Gasteiger charge is -2.22. The molecule has 5 N–H and O–H groups in total. The van der Waals surface area contributed by atoms with Crippen molar-refractivity contribution in [3.63, 3.8) is 0 Å². The van der Waals surface area contributed by atoms with Crippen molar-refractivity contribution >= 4 is 40.8 Å². The molecule has 2 aromatic carbocycles. The highest BCUT2D eigenvalue weighted by Crippen LogP contribution is 2.26. The second kappa shape index (κ2) is 10.7. The number of amides is 3. The number of H-pyrrole nitrogens is 1. The van der Waals surface area contributed by atoms with Crippen molar-refractivity contribution in [1.29, 1.82) is 0 Å². The van der Waals surface area contributed by atoms with Crippen LogP contribution in [0.5, 0.6) is 0 Å². The van der Waals surface area contributed by atoms with Gasteiger partial charge in [-0.05, 0) is 42.5 Å². The molecule has 12 nitrogen and oxygen atoms in total. The number of carboxylic acid groups (broad SMARTS) is 1. The summed E-state index contributed by atoms with van der Waals surface area (Å²) in [5.41, 5.74) is 10.1. The number of carboxylic acids is 1. The van der Waals surface area contributed by atoms with Crippen LogP contribution in [0.1, 0.15) is 50.4 Å². The highest BCUT2D eigenvalue weighted by atomic mass is 16.4. The lowest BCUT2D eigenvalue weighted by Crippen LogP contribution is -2.45. The number of aromatic amines is 1. The zero-order valence-corrected chi connectivity index (χ0v) is 20.8. The maximum atomic E-state index is 12.6. The molecule has 198 valence electrons. The molecule has 0 saturated carbocycles. The Hall–Kier alpha value is -5.13. The molecule has 39 heavy (non-hydrogen) atoms. The molecule has 1 atom stereocenters. The standard InChI is InChI=1S/C27H25N7O5/c28-27-32-19(22-23(33-27)31-14-30-22)10-9-15-5-7-16(8-6-15)13-29-21(35)12-11-20(26(38)39)34-24(36)17-3-1-2-4-18(17)25(34)37/h1-8,14,20H,9-13H2,(H,29,35)(H,38,39)(H3,28,30,31,32,33). The van der Waals surface area contributed by atoms with E-state index in [4.69, 9.17) is 5.73 Å². The Balaban J connectivity index is 1.12. The van der Waals surface area contributed by atoms with Crippen molar-refractivity contribution in [2.45, 2.75) is 38.3 Å². The van der Waals surface area contributed by atoms with E-state index in [9.17, 15) is 24.3 Å². The lowest BCUT2D eigenvalue weighted by molar-refractivity contribution is -0.142. The number of rotatable bonds is 10. The van der Waals surface area contributed by atoms with Gasteiger partial charge >= 0.3 is 5.97 Å². The largest absolute Gasteiger partial charge is 0.480 e. The van der Waals surface area contributed by atoms with Crippen molar-refractivity contribution in [1.82, 2.24) is 30.2 Å². The number of aliphatic carboxylic acids is 1. The summed E-state index contributed by atoms with van der Waals surface area (Å²) in [6, 6.07) is 12.5. The van der Waals surface area contributed by atoms with E-state index in [1.54, 1.807) is 18.5 Å². The summed E-state index contributed by atoms with van der Waals surface area (Å²) < 4.78 is 0. The first-order valence-corrected chi connectivity index (χ1v) is 12.3. The zero-order valence-electron chi connectivity index (χ0n) is 20.8. The summed E-state index contributed by atoms with van der Waals surface area (Å²) >= 11 is 0. The fourth-order valence-corrected chi connectivity index (χ4v) is 4.59. The van der Waals surface area contributed by atoms with E-state index >= 15 is 0 Å². The van der Waals surface area contributed by atoms with Gasteiger partial charge in [-0.2, -0.15) is 4.98 Å². The molecule has 0 saturated heterocycles. The van der Waals surface area contributed by atoms with Gasteiger partial charge in [0.1, 0.15) is 11.6 Å². The molecule has 0 fully saturated rings. The number of carbonyl (C=O) groups excluding carboxylic acids is 3. The number of imide groups is 1. The Morgan fingerprint density at radius 3 is 2.31 bits per heavy atom. The van der Waals surface area contributed by atoms with Crippen LogP contribution < -0.4 is 11.1 Å². The number of nitrogens with zero attached hydrogens (tertiary/aromatic N) is 4. The second-order valence-electron chi connectivity index (χ2n) is 9.14. The first kappa shape index (κ1) is 25.5. The highest BCUT2D eigenvalue weighted by Gasteiger charge is 2.42. The predicted molar refractivity (Wildman–Crippen MR) is 139 cm³/mol. The van der Waals surface area contributed by atoms with Crippen LogP contribution in [-0.2, 0) is 29.0 Å². The van der Waals surface area contributed by atoms with Crippen molar-refractivity contribution in [2.24, 2.45) is 0 Å². The average molecular weight is 528 g/mol. The van der Waals surface area contributed by atoms with E-state index < -0.39 is 23.8 Å². The Bertz CT molecular complexity index is 1550. The summed E-state index contributed by atoms with van der Waals surface area (Å²) in [6.45, 7) is 0.251. The SMILES string of the molecule is Nc1nc(CCc2ccc(CNC(=O)CCC(C(=O)O)N3C(=O)c4ccccc4C3=O)cc2)c2[nH]cnc2n1. The predicted octanol–water partition coefficient (Wildman–Crippen LogP) is 1.87. The number of hydrogen-bond acceptors (Lipinski definition) is 8. The number of anilines is 1. The van der Waals surface area contributed by atoms with Crippen molar-refractivity contribution in [3.05, 3.63) is 82.8 Å². The summed E-state index contributed by atoms with van der Waals surface area (Å²) in [6.07, 6.45) is 2.55. The summed E-state index contributed by atoms with van der Waals surface area (Å²) in [7, 11) is 0. The topological polar surface area (TPSA) is 184 Å². The first-order valence-electron chi connectivity index (χ1n) is 12.3. The van der Waals surface area contributed by atoms with Gasteiger partial charge in [0.25, 0.3) is 11.8 Å². The van der Waals surface area contributed by atoms with Gasteiger partial charge in [-0.15, -0.1) is 0 Å². The minimum atomic E-state index is -1.43. The Kier molecular flexibility index (Phi) is 7.00. The third-order valence-electron chi connectivity index (χ3n) is 6.61. The number of hydrogen-bond donors (Lipinski definition) is 4. The van der Waals surface area contributed by atoms with Crippen molar-refractivity contribution < 1.29 is 24.3 Å². The van der Waals surface area contributed by atoms with Crippen LogP contribution in [0.15, 0.2) is 54.9 Å². The molecule has 0 bridgehead atoms. The number of fused-ring (bicyclic) bond motifs is 2. The van der Waals surface area contributed by atoms with Gasteiger partial charge in [0.2, 0.25) is 11.9 Å². The van der Waals surface area contributed by atoms with Gasteiger partial charge in [0, 0.05) is 13.0 Å². The number of imidazole rings is 1. The molecule has 1 aliphatic heterocycles. The normalized spacial score (nSPS) is 13.5. The average Bonchev–Trinajstić information content (AvgIpc) is 3.50. The number of nitrogens with two attached hydrogens (primary N) is 1. The molecular weight excluding hydrogens is 502 g/mol. The highest BCUT2D eigenvalue weighted by molar-refractivity contribution is 6.22. The lowest BCUT2D eigenvalue weighted by atomic mass is 10.1. The van der Waals surface area contributed by atoms with Gasteiger partial charge < -0.3 is 21.1 Å². The number of benzene rings is 2. The van der Waals surface area contributed by atoms with Crippen LogP contribution in [0.3, 0.4) is 0 Å². The number of carbonyl (C=O) groups is 4. The summed E-state index contributed by atoms with van der Waals surface area (Å²) in [4.78, 5) is 65.9. The molecular formula is C27H25N7O5. The van der Waals surface area contributed by atoms with Gasteiger partial charge in [-0.3, -0.25) is 19.3 Å². The number of aromatic nitrogens is 4. The summed E-state index contributed by atoms with van der Waals surface area (Å²) in [5.74, 6) is -2.88. The molecule has 1 unspecified atom stereocenters. The number of nitrogen functional groups attached to an aromatic ring is 1. The van der Waals surface area contributed by atoms with E-state index in [2.05, 4.69) is 25.3 Å². The Morgan fingerprint density at radius 2 is 1.64 bits per heavy atom. The van der Waals surface area contributed by atoms with Gasteiger partial charge in [-0.25, -0.2) is 14.8 Å². The Morgan fingerprint density at radius 1 is 0.974 bits per heavy atom. The molecule has 0 spiro atoms. The van der Waals surface area contributed by atoms with E-state index in [0.717, 1.165) is 27.2 Å². The van der Waals surface area contributed by atoms with E-state index in [-0.39, 0.29) is 42.4 Å². The van der Waals surface area contributed by atoms with Crippen LogP contribution in [-0.4, -0.2) is 59.7 Å². The third kappa shape index (κ3) is 5.30. The van der Waals surface area contributed by atoms with Crippen LogP contribution in [0.4, 0.5) is 5.95 Å². The van der Waals surface area contributed by atoms with Gasteiger partial charge in [0.05, 0.1) is 23.1 Å². The zero-order chi connectivity index (χ0) is 27.5. The van der Waals surface area contributed by atoms with Gasteiger partial charge in [-0.1, -0.05) is 36.4 Å². The molecule has 2 aromatic heterocycles. The van der Waals surface area contributed by atoms with E-state index in [1.807, 2.05) is 24.3 Å². The molecule has 4 aromatic rings. The third-order valence-corrected chi connectivity index (χ3v) is 6.61. The van der Waals surface area contributed by atoms with Crippen LogP contribution in [0.2, 0.25) is 0 Å². The number of nitrogens with one attached hydrogen (secondary N) is 2. The second-order valence-corrected chi connectivity index (χ2v) is 9.14. The molecule has 1 aliphatic rings. The maximum Gasteiger partial charge on any atom is 0.326 e. The first-order chi connectivity index (χ1) is 18.8. The summed E-state index contributed by atoms with van der Waals surface area (Å²) in [5, 5.41) is 12.4. The van der Waals surface area contributed by atoms with Gasteiger partial charge in [0.15, 0.2) is 5.65 Å².